The van der Waals surface area contributed by atoms with Gasteiger partial charge >= 0.3 is 5.97 Å². The van der Waals surface area contributed by atoms with Gasteiger partial charge in [0.25, 0.3) is 5.78 Å². The second-order valence-corrected chi connectivity index (χ2v) is 7.21. The van der Waals surface area contributed by atoms with Crippen LogP contribution in [-0.2, 0) is 16.1 Å². The molecule has 2 heterocycles. The molecule has 5 heteroatoms. The lowest BCUT2D eigenvalue weighted by atomic mass is 10.1. The van der Waals surface area contributed by atoms with Gasteiger partial charge in [0.1, 0.15) is 12.3 Å². The molecule has 3 aromatic carbocycles. The molecule has 0 spiro atoms. The molecule has 2 aromatic heterocycles. The SMILES string of the molecule is O=C(OCc1ccccc1)C(=O)c1cc2c([nH]c3ccccc32)c(-c2ccccc2)n1. The van der Waals surface area contributed by atoms with Crippen LogP contribution >= 0.6 is 0 Å². The maximum Gasteiger partial charge on any atom is 0.381 e. The lowest BCUT2D eigenvalue weighted by Gasteiger charge is -2.07. The summed E-state index contributed by atoms with van der Waals surface area (Å²) in [5.41, 5.74) is 4.11. The molecule has 0 atom stereocenters. The molecule has 0 saturated heterocycles. The van der Waals surface area contributed by atoms with Gasteiger partial charge in [-0.15, -0.1) is 0 Å². The van der Waals surface area contributed by atoms with Gasteiger partial charge in [0, 0.05) is 21.9 Å². The van der Waals surface area contributed by atoms with Crippen LogP contribution in [-0.4, -0.2) is 21.7 Å². The van der Waals surface area contributed by atoms with Crippen LogP contribution < -0.4 is 0 Å². The van der Waals surface area contributed by atoms with Crippen molar-refractivity contribution in [1.82, 2.24) is 9.97 Å². The minimum absolute atomic E-state index is 0.0340. The van der Waals surface area contributed by atoms with Crippen LogP contribution in [0.5, 0.6) is 0 Å². The number of aromatic amines is 1. The first-order valence-corrected chi connectivity index (χ1v) is 9.93. The molecule has 0 radical (unpaired) electrons. The van der Waals surface area contributed by atoms with Crippen molar-refractivity contribution >= 4 is 33.6 Å². The third-order valence-corrected chi connectivity index (χ3v) is 5.17. The van der Waals surface area contributed by atoms with E-state index in [1.165, 1.54) is 0 Å². The third kappa shape index (κ3) is 3.57. The van der Waals surface area contributed by atoms with E-state index in [4.69, 9.17) is 4.74 Å². The lowest BCUT2D eigenvalue weighted by molar-refractivity contribution is -0.139. The Hall–Kier alpha value is -4.25. The maximum atomic E-state index is 12.9. The van der Waals surface area contributed by atoms with Gasteiger partial charge in [0.05, 0.1) is 11.2 Å². The quantitative estimate of drug-likeness (QED) is 0.244. The van der Waals surface area contributed by atoms with E-state index in [2.05, 4.69) is 9.97 Å². The summed E-state index contributed by atoms with van der Waals surface area (Å²) in [5, 5.41) is 1.80. The molecule has 0 fully saturated rings. The summed E-state index contributed by atoms with van der Waals surface area (Å²) in [6.45, 7) is 0.0340. The number of nitrogens with one attached hydrogen (secondary N) is 1. The van der Waals surface area contributed by atoms with Crippen LogP contribution in [0.25, 0.3) is 33.1 Å². The smallest absolute Gasteiger partial charge is 0.381 e. The second kappa shape index (κ2) is 7.88. The molecule has 1 N–H and O–H groups in total. The highest BCUT2D eigenvalue weighted by Gasteiger charge is 2.23. The van der Waals surface area contributed by atoms with Gasteiger partial charge in [-0.1, -0.05) is 78.9 Å². The molecular formula is C26H18N2O3. The average molecular weight is 406 g/mol. The van der Waals surface area contributed by atoms with E-state index in [1.54, 1.807) is 6.07 Å². The number of ether oxygens (including phenoxy) is 1. The number of hydrogen-bond acceptors (Lipinski definition) is 4. The Labute approximate surface area is 178 Å². The largest absolute Gasteiger partial charge is 0.455 e. The number of esters is 1. The van der Waals surface area contributed by atoms with Crippen LogP contribution in [0.1, 0.15) is 16.1 Å². The van der Waals surface area contributed by atoms with Crippen molar-refractivity contribution in [3.05, 3.63) is 102 Å². The topological polar surface area (TPSA) is 72.1 Å². The van der Waals surface area contributed by atoms with E-state index in [9.17, 15) is 9.59 Å². The molecule has 0 aliphatic heterocycles. The number of rotatable bonds is 5. The van der Waals surface area contributed by atoms with Crippen LogP contribution in [0, 0.1) is 0 Å². The minimum atomic E-state index is -0.922. The van der Waals surface area contributed by atoms with E-state index >= 15 is 0 Å². The number of carbonyl (C=O) groups excluding carboxylic acids is 2. The molecule has 5 nitrogen and oxygen atoms in total. The van der Waals surface area contributed by atoms with Crippen molar-refractivity contribution in [2.45, 2.75) is 6.61 Å². The number of Topliss-reactive ketones (excluding diaryl/α,β-unsaturated/α-hetero) is 1. The monoisotopic (exact) mass is 406 g/mol. The Morgan fingerprint density at radius 1 is 0.806 bits per heavy atom. The van der Waals surface area contributed by atoms with Crippen molar-refractivity contribution in [3.63, 3.8) is 0 Å². The Morgan fingerprint density at radius 3 is 2.26 bits per heavy atom. The molecule has 31 heavy (non-hydrogen) atoms. The molecule has 150 valence electrons. The van der Waals surface area contributed by atoms with E-state index in [0.717, 1.165) is 32.9 Å². The predicted molar refractivity (Wildman–Crippen MR) is 120 cm³/mol. The third-order valence-electron chi connectivity index (χ3n) is 5.17. The van der Waals surface area contributed by atoms with E-state index in [0.29, 0.717) is 5.69 Å². The van der Waals surface area contributed by atoms with Crippen molar-refractivity contribution in [1.29, 1.82) is 0 Å². The zero-order valence-electron chi connectivity index (χ0n) is 16.5. The summed E-state index contributed by atoms with van der Waals surface area (Å²) in [6.07, 6.45) is 0. The Kier molecular flexibility index (Phi) is 4.77. The average Bonchev–Trinajstić information content (AvgIpc) is 3.21. The number of nitrogens with zero attached hydrogens (tertiary/aromatic N) is 1. The summed E-state index contributed by atoms with van der Waals surface area (Å²) < 4.78 is 5.23. The Balaban J connectivity index is 1.57. The molecule has 0 saturated carbocycles. The zero-order chi connectivity index (χ0) is 21.2. The number of H-pyrrole nitrogens is 1. The van der Waals surface area contributed by atoms with E-state index in [-0.39, 0.29) is 12.3 Å². The second-order valence-electron chi connectivity index (χ2n) is 7.21. The molecular weight excluding hydrogens is 388 g/mol. The van der Waals surface area contributed by atoms with Crippen LogP contribution in [0.2, 0.25) is 0 Å². The summed E-state index contributed by atoms with van der Waals surface area (Å²) in [7, 11) is 0. The van der Waals surface area contributed by atoms with Crippen LogP contribution in [0.4, 0.5) is 0 Å². The van der Waals surface area contributed by atoms with E-state index < -0.39 is 11.8 Å². The van der Waals surface area contributed by atoms with Crippen molar-refractivity contribution in [2.24, 2.45) is 0 Å². The lowest BCUT2D eigenvalue weighted by Crippen LogP contribution is -2.19. The number of pyridine rings is 1. The summed E-state index contributed by atoms with van der Waals surface area (Å²) in [6, 6.07) is 28.3. The number of ketones is 1. The molecule has 5 rings (SSSR count). The number of aromatic nitrogens is 2. The van der Waals surface area contributed by atoms with Crippen LogP contribution in [0.3, 0.4) is 0 Å². The summed E-state index contributed by atoms with van der Waals surface area (Å²) >= 11 is 0. The number of fused-ring (bicyclic) bond motifs is 3. The first kappa shape index (κ1) is 18.8. The normalized spacial score (nSPS) is 11.0. The fraction of sp³-hybridized carbons (Fsp3) is 0.0385. The number of hydrogen-bond donors (Lipinski definition) is 1. The molecule has 0 amide bonds. The van der Waals surface area contributed by atoms with Crippen molar-refractivity contribution in [3.8, 4) is 11.3 Å². The maximum absolute atomic E-state index is 12.9. The van der Waals surface area contributed by atoms with Gasteiger partial charge in [0.15, 0.2) is 0 Å². The van der Waals surface area contributed by atoms with Gasteiger partial charge in [0.2, 0.25) is 0 Å². The minimum Gasteiger partial charge on any atom is -0.455 e. The number of carbonyl (C=O) groups is 2. The van der Waals surface area contributed by atoms with Gasteiger partial charge < -0.3 is 9.72 Å². The highest BCUT2D eigenvalue weighted by atomic mass is 16.5. The van der Waals surface area contributed by atoms with Crippen molar-refractivity contribution in [2.75, 3.05) is 0 Å². The van der Waals surface area contributed by atoms with Crippen LogP contribution in [0.15, 0.2) is 91.0 Å². The first-order chi connectivity index (χ1) is 15.2. The van der Waals surface area contributed by atoms with Gasteiger partial charge in [-0.25, -0.2) is 9.78 Å². The number of para-hydroxylation sites is 1. The van der Waals surface area contributed by atoms with Gasteiger partial charge in [-0.2, -0.15) is 0 Å². The fourth-order valence-electron chi connectivity index (χ4n) is 3.66. The van der Waals surface area contributed by atoms with Gasteiger partial charge in [-0.3, -0.25) is 4.79 Å². The number of benzene rings is 3. The predicted octanol–water partition coefficient (Wildman–Crippen LogP) is 5.31. The molecule has 0 bridgehead atoms. The summed E-state index contributed by atoms with van der Waals surface area (Å²) in [5.74, 6) is -1.69. The van der Waals surface area contributed by atoms with E-state index in [1.807, 2.05) is 84.9 Å². The molecule has 0 aliphatic carbocycles. The Morgan fingerprint density at radius 2 is 1.48 bits per heavy atom. The highest BCUT2D eigenvalue weighted by Crippen LogP contribution is 2.32. The fourth-order valence-corrected chi connectivity index (χ4v) is 3.66. The highest BCUT2D eigenvalue weighted by molar-refractivity contribution is 6.40. The standard InChI is InChI=1S/C26H18N2O3/c29-25(26(30)31-16-17-9-3-1-4-10-17)22-15-20-19-13-7-8-14-21(19)27-24(20)23(28-22)18-11-5-2-6-12-18/h1-15,27H,16H2. The molecule has 0 aliphatic rings. The summed E-state index contributed by atoms with van der Waals surface area (Å²) in [4.78, 5) is 33.3. The molecule has 5 aromatic rings. The van der Waals surface area contributed by atoms with Gasteiger partial charge in [-0.05, 0) is 17.7 Å². The molecule has 0 unspecified atom stereocenters. The Bertz CT molecular complexity index is 1410. The first-order valence-electron chi connectivity index (χ1n) is 9.93. The zero-order valence-corrected chi connectivity index (χ0v) is 16.5. The van der Waals surface area contributed by atoms with Crippen molar-refractivity contribution < 1.29 is 14.3 Å².